The second kappa shape index (κ2) is 6.97. The summed E-state index contributed by atoms with van der Waals surface area (Å²) in [5.41, 5.74) is 5.68. The van der Waals surface area contributed by atoms with Gasteiger partial charge in [-0.25, -0.2) is 4.98 Å². The monoisotopic (exact) mass is 386 g/mol. The number of aromatic nitrogens is 2. The Balaban J connectivity index is 1.84. The first-order chi connectivity index (χ1) is 13.8. The fraction of sp³-hybridized carbons (Fsp3) is 0.333. The maximum absolute atomic E-state index is 9.80. The Bertz CT molecular complexity index is 1120. The number of nitriles is 1. The van der Waals surface area contributed by atoms with E-state index in [1.807, 2.05) is 30.3 Å². The molecule has 0 radical (unpaired) electrons. The molecule has 5 nitrogen and oxygen atoms in total. The summed E-state index contributed by atoms with van der Waals surface area (Å²) >= 11 is 0. The number of ether oxygens (including phenoxy) is 1. The fourth-order valence-electron chi connectivity index (χ4n) is 4.29. The Morgan fingerprint density at radius 1 is 1.34 bits per heavy atom. The molecule has 1 unspecified atom stereocenters. The molecule has 5 heteroatoms. The molecule has 3 aromatic rings. The van der Waals surface area contributed by atoms with Gasteiger partial charge in [-0.2, -0.15) is 5.26 Å². The van der Waals surface area contributed by atoms with Crippen molar-refractivity contribution in [1.29, 1.82) is 5.26 Å². The average molecular weight is 386 g/mol. The number of allylic oxidation sites excluding steroid dienone is 1. The first-order valence-electron chi connectivity index (χ1n) is 9.86. The fourth-order valence-corrected chi connectivity index (χ4v) is 4.29. The molecule has 1 aliphatic rings. The number of benzene rings is 2. The minimum atomic E-state index is 0.0842. The molecule has 29 heavy (non-hydrogen) atoms. The van der Waals surface area contributed by atoms with Crippen LogP contribution in [0.1, 0.15) is 50.1 Å². The number of nitrogens with zero attached hydrogens (tertiary/aromatic N) is 3. The Morgan fingerprint density at radius 3 is 2.79 bits per heavy atom. The van der Waals surface area contributed by atoms with E-state index in [4.69, 9.17) is 4.74 Å². The topological polar surface area (TPSA) is 64.9 Å². The van der Waals surface area contributed by atoms with Crippen molar-refractivity contribution in [3.8, 4) is 11.8 Å². The molecular weight excluding hydrogens is 360 g/mol. The zero-order valence-electron chi connectivity index (χ0n) is 17.6. The van der Waals surface area contributed by atoms with Crippen molar-refractivity contribution in [3.05, 3.63) is 53.3 Å². The van der Waals surface area contributed by atoms with Crippen LogP contribution in [0, 0.1) is 11.3 Å². The third kappa shape index (κ3) is 3.25. The molecule has 4 rings (SSSR count). The van der Waals surface area contributed by atoms with Gasteiger partial charge in [0.15, 0.2) is 0 Å². The van der Waals surface area contributed by atoms with Crippen LogP contribution < -0.4 is 9.64 Å². The lowest BCUT2D eigenvalue weighted by Gasteiger charge is -2.45. The van der Waals surface area contributed by atoms with Crippen LogP contribution in [0.5, 0.6) is 5.75 Å². The highest BCUT2D eigenvalue weighted by Gasteiger charge is 2.34. The van der Waals surface area contributed by atoms with Crippen molar-refractivity contribution in [2.24, 2.45) is 0 Å². The SMILES string of the molecule is COc1cc2c(cc1/C=C(\C#N)c1nc3ccccc3[nH]1)C(C)CC(C)(C)N2C. The molecule has 0 fully saturated rings. The molecule has 148 valence electrons. The van der Waals surface area contributed by atoms with E-state index in [2.05, 4.69) is 60.9 Å². The lowest BCUT2D eigenvalue weighted by molar-refractivity contribution is 0.389. The third-order valence-electron chi connectivity index (χ3n) is 6.05. The van der Waals surface area contributed by atoms with Gasteiger partial charge in [0.05, 0.1) is 23.7 Å². The number of rotatable bonds is 3. The number of H-pyrrole nitrogens is 1. The maximum Gasteiger partial charge on any atom is 0.149 e. The van der Waals surface area contributed by atoms with Crippen LogP contribution in [-0.4, -0.2) is 29.7 Å². The van der Waals surface area contributed by atoms with E-state index in [9.17, 15) is 5.26 Å². The first kappa shape index (κ1) is 19.1. The number of methoxy groups -OCH3 is 1. The molecule has 0 saturated heterocycles. The molecule has 2 aromatic carbocycles. The quantitative estimate of drug-likeness (QED) is 0.616. The van der Waals surface area contributed by atoms with Crippen molar-refractivity contribution in [2.75, 3.05) is 19.1 Å². The maximum atomic E-state index is 9.80. The highest BCUT2D eigenvalue weighted by Crippen LogP contribution is 2.45. The van der Waals surface area contributed by atoms with E-state index in [0.717, 1.165) is 28.8 Å². The van der Waals surface area contributed by atoms with Crippen LogP contribution >= 0.6 is 0 Å². The lowest BCUT2D eigenvalue weighted by Crippen LogP contribution is -2.45. The molecule has 0 amide bonds. The van der Waals surface area contributed by atoms with Gasteiger partial charge in [-0.15, -0.1) is 0 Å². The van der Waals surface area contributed by atoms with E-state index in [1.165, 1.54) is 11.3 Å². The van der Waals surface area contributed by atoms with Crippen LogP contribution in [-0.2, 0) is 0 Å². The van der Waals surface area contributed by atoms with E-state index >= 15 is 0 Å². The van der Waals surface area contributed by atoms with Gasteiger partial charge < -0.3 is 14.6 Å². The third-order valence-corrected chi connectivity index (χ3v) is 6.05. The molecule has 0 bridgehead atoms. The van der Waals surface area contributed by atoms with Crippen LogP contribution in [0.4, 0.5) is 5.69 Å². The average Bonchev–Trinajstić information content (AvgIpc) is 3.13. The summed E-state index contributed by atoms with van der Waals surface area (Å²) in [6, 6.07) is 14.3. The van der Waals surface area contributed by atoms with Crippen molar-refractivity contribution in [2.45, 2.75) is 38.6 Å². The Morgan fingerprint density at radius 2 is 2.10 bits per heavy atom. The van der Waals surface area contributed by atoms with Crippen molar-refractivity contribution >= 4 is 28.4 Å². The zero-order valence-corrected chi connectivity index (χ0v) is 17.6. The summed E-state index contributed by atoms with van der Waals surface area (Å²) in [4.78, 5) is 10.1. The highest BCUT2D eigenvalue weighted by atomic mass is 16.5. The number of hydrogen-bond donors (Lipinski definition) is 1. The van der Waals surface area contributed by atoms with Crippen molar-refractivity contribution in [1.82, 2.24) is 9.97 Å². The van der Waals surface area contributed by atoms with Gasteiger partial charge >= 0.3 is 0 Å². The van der Waals surface area contributed by atoms with Gasteiger partial charge in [0, 0.05) is 29.9 Å². The number of imidazole rings is 1. The Kier molecular flexibility index (Phi) is 4.58. The number of anilines is 1. The minimum Gasteiger partial charge on any atom is -0.496 e. The van der Waals surface area contributed by atoms with E-state index in [0.29, 0.717) is 17.3 Å². The number of fused-ring (bicyclic) bond motifs is 2. The smallest absolute Gasteiger partial charge is 0.149 e. The molecule has 0 aliphatic carbocycles. The first-order valence-corrected chi connectivity index (χ1v) is 9.86. The summed E-state index contributed by atoms with van der Waals surface area (Å²) in [6.07, 6.45) is 2.93. The summed E-state index contributed by atoms with van der Waals surface area (Å²) in [7, 11) is 3.80. The molecule has 0 saturated carbocycles. The zero-order chi connectivity index (χ0) is 20.8. The Hall–Kier alpha value is -3.26. The summed E-state index contributed by atoms with van der Waals surface area (Å²) in [5, 5.41) is 9.80. The van der Waals surface area contributed by atoms with Gasteiger partial charge in [0.2, 0.25) is 0 Å². The molecule has 1 aliphatic heterocycles. The van der Waals surface area contributed by atoms with Gasteiger partial charge in [0.25, 0.3) is 0 Å². The molecule has 2 heterocycles. The van der Waals surface area contributed by atoms with Gasteiger partial charge in [0.1, 0.15) is 17.6 Å². The molecule has 1 N–H and O–H groups in total. The van der Waals surface area contributed by atoms with Crippen molar-refractivity contribution in [3.63, 3.8) is 0 Å². The van der Waals surface area contributed by atoms with Gasteiger partial charge in [-0.3, -0.25) is 0 Å². The largest absolute Gasteiger partial charge is 0.496 e. The summed E-state index contributed by atoms with van der Waals surface area (Å²) in [6.45, 7) is 6.79. The van der Waals surface area contributed by atoms with Gasteiger partial charge in [-0.1, -0.05) is 19.1 Å². The molecule has 1 aromatic heterocycles. The number of hydrogen-bond acceptors (Lipinski definition) is 4. The lowest BCUT2D eigenvalue weighted by atomic mass is 9.80. The second-order valence-electron chi connectivity index (χ2n) is 8.40. The molecular formula is C24H26N4O. The summed E-state index contributed by atoms with van der Waals surface area (Å²) < 4.78 is 5.69. The Labute approximate surface area is 171 Å². The normalized spacial score (nSPS) is 18.4. The molecule has 1 atom stereocenters. The van der Waals surface area contributed by atoms with Crippen LogP contribution in [0.3, 0.4) is 0 Å². The number of nitrogens with one attached hydrogen (secondary N) is 1. The number of aromatic amines is 1. The molecule has 0 spiro atoms. The van der Waals surface area contributed by atoms with Crippen LogP contribution in [0.25, 0.3) is 22.7 Å². The highest BCUT2D eigenvalue weighted by molar-refractivity contribution is 5.91. The van der Waals surface area contributed by atoms with E-state index in [1.54, 1.807) is 7.11 Å². The number of para-hydroxylation sites is 2. The van der Waals surface area contributed by atoms with E-state index < -0.39 is 0 Å². The van der Waals surface area contributed by atoms with Crippen molar-refractivity contribution < 1.29 is 4.74 Å². The predicted octanol–water partition coefficient (Wildman–Crippen LogP) is 5.36. The van der Waals surface area contributed by atoms with Gasteiger partial charge in [-0.05, 0) is 56.0 Å². The van der Waals surface area contributed by atoms with Crippen LogP contribution in [0.2, 0.25) is 0 Å². The summed E-state index contributed by atoms with van der Waals surface area (Å²) in [5.74, 6) is 1.75. The minimum absolute atomic E-state index is 0.0842. The second-order valence-corrected chi connectivity index (χ2v) is 8.40. The van der Waals surface area contributed by atoms with Crippen LogP contribution in [0.15, 0.2) is 36.4 Å². The van der Waals surface area contributed by atoms with E-state index in [-0.39, 0.29) is 5.54 Å². The standard InChI is InChI=1S/C24H26N4O/c1-15-13-24(2,3)28(4)21-12-22(29-5)16(11-18(15)21)10-17(14-25)23-26-19-8-6-7-9-20(19)27-23/h6-12,15H,13H2,1-5H3,(H,26,27)/b17-10+. The predicted molar refractivity (Wildman–Crippen MR) is 118 cm³/mol.